The number of carboxylic acid groups (broad SMARTS) is 1. The molecule has 0 spiro atoms. The first-order valence-electron chi connectivity index (χ1n) is 3.59. The Labute approximate surface area is 79.2 Å². The van der Waals surface area contributed by atoms with Gasteiger partial charge in [0.05, 0.1) is 12.5 Å². The van der Waals surface area contributed by atoms with Crippen molar-refractivity contribution in [2.45, 2.75) is 12.5 Å². The summed E-state index contributed by atoms with van der Waals surface area (Å²) in [5, 5.41) is 18.7. The van der Waals surface area contributed by atoms with Crippen molar-refractivity contribution in [1.29, 1.82) is 5.26 Å². The van der Waals surface area contributed by atoms with Gasteiger partial charge in [0.15, 0.2) is 0 Å². The summed E-state index contributed by atoms with van der Waals surface area (Å²) < 4.78 is 0. The smallest absolute Gasteiger partial charge is 0.345 e. The molecule has 0 aromatic carbocycles. The Balaban J connectivity index is 2.80. The fourth-order valence-corrected chi connectivity index (χ4v) is 1.68. The summed E-state index contributed by atoms with van der Waals surface area (Å²) in [6.45, 7) is 0. The molecule has 68 valence electrons. The van der Waals surface area contributed by atoms with Crippen molar-refractivity contribution < 1.29 is 9.90 Å². The number of thiophene rings is 1. The summed E-state index contributed by atoms with van der Waals surface area (Å²) in [6.07, 6.45) is 0.204. The van der Waals surface area contributed by atoms with Crippen LogP contribution < -0.4 is 5.73 Å². The molecule has 0 radical (unpaired) electrons. The van der Waals surface area contributed by atoms with E-state index in [1.807, 2.05) is 6.07 Å². The number of rotatable bonds is 3. The topological polar surface area (TPSA) is 87.1 Å². The van der Waals surface area contributed by atoms with Crippen LogP contribution in [0.2, 0.25) is 0 Å². The molecule has 4 nitrogen and oxygen atoms in total. The lowest BCUT2D eigenvalue weighted by molar-refractivity contribution is 0.0702. The Morgan fingerprint density at radius 1 is 1.85 bits per heavy atom. The molecule has 3 N–H and O–H groups in total. The number of hydrogen-bond donors (Lipinski definition) is 2. The number of hydrogen-bond acceptors (Lipinski definition) is 4. The highest BCUT2D eigenvalue weighted by molar-refractivity contribution is 7.12. The van der Waals surface area contributed by atoms with E-state index in [0.29, 0.717) is 5.56 Å². The Bertz CT molecular complexity index is 353. The van der Waals surface area contributed by atoms with Gasteiger partial charge in [-0.25, -0.2) is 4.79 Å². The van der Waals surface area contributed by atoms with Gasteiger partial charge in [-0.1, -0.05) is 0 Å². The first kappa shape index (κ1) is 9.71. The van der Waals surface area contributed by atoms with Crippen LogP contribution in [0, 0.1) is 11.3 Å². The highest BCUT2D eigenvalue weighted by Crippen LogP contribution is 2.21. The quantitative estimate of drug-likeness (QED) is 0.764. The minimum Gasteiger partial charge on any atom is -0.477 e. The third-order valence-electron chi connectivity index (χ3n) is 1.57. The van der Waals surface area contributed by atoms with E-state index >= 15 is 0 Å². The van der Waals surface area contributed by atoms with Crippen molar-refractivity contribution in [2.24, 2.45) is 5.73 Å². The lowest BCUT2D eigenvalue weighted by Crippen LogP contribution is -2.07. The van der Waals surface area contributed by atoms with Gasteiger partial charge in [-0.2, -0.15) is 5.26 Å². The molecule has 0 amide bonds. The standard InChI is InChI=1S/C8H8N2O2S/c9-2-1-6(10)5-3-7(8(11)12)13-4-5/h3-4,6H,1,10H2,(H,11,12)/t6-/m1/s1. The Kier molecular flexibility index (Phi) is 3.01. The molecule has 1 aromatic rings. The molecular formula is C8H8N2O2S. The molecule has 1 aromatic heterocycles. The zero-order chi connectivity index (χ0) is 9.84. The number of nitrogens with zero attached hydrogens (tertiary/aromatic N) is 1. The Morgan fingerprint density at radius 2 is 2.54 bits per heavy atom. The van der Waals surface area contributed by atoms with Crippen molar-refractivity contribution in [1.82, 2.24) is 0 Å². The van der Waals surface area contributed by atoms with Crippen molar-refractivity contribution >= 4 is 17.3 Å². The van der Waals surface area contributed by atoms with E-state index in [9.17, 15) is 4.79 Å². The van der Waals surface area contributed by atoms with Crippen molar-refractivity contribution in [3.8, 4) is 6.07 Å². The lowest BCUT2D eigenvalue weighted by Gasteiger charge is -2.01. The highest BCUT2D eigenvalue weighted by Gasteiger charge is 2.11. The summed E-state index contributed by atoms with van der Waals surface area (Å²) in [6, 6.07) is 3.07. The van der Waals surface area contributed by atoms with Crippen LogP contribution in [0.15, 0.2) is 11.4 Å². The number of aromatic carboxylic acids is 1. The average molecular weight is 196 g/mol. The summed E-state index contributed by atoms with van der Waals surface area (Å²) in [5.74, 6) is -0.958. The first-order valence-corrected chi connectivity index (χ1v) is 4.47. The predicted molar refractivity (Wildman–Crippen MR) is 48.4 cm³/mol. The third-order valence-corrected chi connectivity index (χ3v) is 2.51. The second kappa shape index (κ2) is 4.03. The van der Waals surface area contributed by atoms with Crippen LogP contribution in [0.1, 0.15) is 27.7 Å². The molecule has 0 saturated carbocycles. The monoisotopic (exact) mass is 196 g/mol. The number of nitrogens with two attached hydrogens (primary N) is 1. The van der Waals surface area contributed by atoms with Gasteiger partial charge >= 0.3 is 5.97 Å². The van der Waals surface area contributed by atoms with E-state index in [4.69, 9.17) is 16.1 Å². The molecule has 0 aliphatic carbocycles. The van der Waals surface area contributed by atoms with E-state index in [-0.39, 0.29) is 17.3 Å². The van der Waals surface area contributed by atoms with Crippen LogP contribution in [0.5, 0.6) is 0 Å². The summed E-state index contributed by atoms with van der Waals surface area (Å²) in [5.41, 5.74) is 6.32. The van der Waals surface area contributed by atoms with Gasteiger partial charge in [0.25, 0.3) is 0 Å². The molecule has 5 heteroatoms. The number of nitriles is 1. The fraction of sp³-hybridized carbons (Fsp3) is 0.250. The highest BCUT2D eigenvalue weighted by atomic mass is 32.1. The molecule has 0 fully saturated rings. The number of carboxylic acids is 1. The summed E-state index contributed by atoms with van der Waals surface area (Å²) >= 11 is 1.12. The van der Waals surface area contributed by atoms with Crippen LogP contribution in [-0.2, 0) is 0 Å². The normalized spacial score (nSPS) is 12.0. The zero-order valence-electron chi connectivity index (χ0n) is 6.73. The van der Waals surface area contributed by atoms with Crippen LogP contribution in [0.3, 0.4) is 0 Å². The van der Waals surface area contributed by atoms with E-state index in [0.717, 1.165) is 11.3 Å². The SMILES string of the molecule is N#CC[C@@H](N)c1csc(C(=O)O)c1. The Hall–Kier alpha value is -1.38. The van der Waals surface area contributed by atoms with Crippen molar-refractivity contribution in [2.75, 3.05) is 0 Å². The molecule has 1 rings (SSSR count). The third kappa shape index (κ3) is 2.28. The molecule has 0 saturated heterocycles. The molecule has 0 aliphatic heterocycles. The second-order valence-corrected chi connectivity index (χ2v) is 3.43. The number of carbonyl (C=O) groups is 1. The minimum atomic E-state index is -0.958. The van der Waals surface area contributed by atoms with Crippen LogP contribution in [-0.4, -0.2) is 11.1 Å². The van der Waals surface area contributed by atoms with Gasteiger partial charge in [-0.3, -0.25) is 0 Å². The van der Waals surface area contributed by atoms with Crippen LogP contribution >= 0.6 is 11.3 Å². The fourth-order valence-electron chi connectivity index (χ4n) is 0.874. The van der Waals surface area contributed by atoms with Crippen molar-refractivity contribution in [3.63, 3.8) is 0 Å². The van der Waals surface area contributed by atoms with E-state index < -0.39 is 5.97 Å². The van der Waals surface area contributed by atoms with Gasteiger partial charge in [0, 0.05) is 6.04 Å². The largest absolute Gasteiger partial charge is 0.477 e. The van der Waals surface area contributed by atoms with E-state index in [1.54, 1.807) is 5.38 Å². The Morgan fingerprint density at radius 3 is 3.00 bits per heavy atom. The second-order valence-electron chi connectivity index (χ2n) is 2.52. The zero-order valence-corrected chi connectivity index (χ0v) is 7.54. The van der Waals surface area contributed by atoms with Gasteiger partial charge in [-0.15, -0.1) is 11.3 Å². The van der Waals surface area contributed by atoms with E-state index in [1.165, 1.54) is 6.07 Å². The van der Waals surface area contributed by atoms with E-state index in [2.05, 4.69) is 0 Å². The maximum absolute atomic E-state index is 10.5. The predicted octanol–water partition coefficient (Wildman–Crippen LogP) is 1.36. The van der Waals surface area contributed by atoms with Crippen molar-refractivity contribution in [3.05, 3.63) is 21.9 Å². The maximum Gasteiger partial charge on any atom is 0.345 e. The lowest BCUT2D eigenvalue weighted by atomic mass is 10.1. The minimum absolute atomic E-state index is 0.204. The molecule has 1 atom stereocenters. The maximum atomic E-state index is 10.5. The first-order chi connectivity index (χ1) is 6.15. The summed E-state index contributed by atoms with van der Waals surface area (Å²) in [7, 11) is 0. The molecule has 0 bridgehead atoms. The molecule has 13 heavy (non-hydrogen) atoms. The molecular weight excluding hydrogens is 188 g/mol. The van der Waals surface area contributed by atoms with Gasteiger partial charge in [-0.05, 0) is 17.0 Å². The van der Waals surface area contributed by atoms with Gasteiger partial charge in [0.2, 0.25) is 0 Å². The van der Waals surface area contributed by atoms with Crippen LogP contribution in [0.4, 0.5) is 0 Å². The molecule has 0 unspecified atom stereocenters. The van der Waals surface area contributed by atoms with Crippen LogP contribution in [0.25, 0.3) is 0 Å². The molecule has 1 heterocycles. The molecule has 0 aliphatic rings. The van der Waals surface area contributed by atoms with Gasteiger partial charge < -0.3 is 10.8 Å². The average Bonchev–Trinajstić information content (AvgIpc) is 2.52. The summed E-state index contributed by atoms with van der Waals surface area (Å²) in [4.78, 5) is 10.8. The van der Waals surface area contributed by atoms with Gasteiger partial charge in [0.1, 0.15) is 4.88 Å².